The quantitative estimate of drug-likeness (QED) is 0.716. The number of rotatable bonds is 5. The maximum atomic E-state index is 10.0. The molecular formula is C22H26N4O3. The zero-order valence-corrected chi connectivity index (χ0v) is 16.6. The monoisotopic (exact) mass is 394 g/mol. The summed E-state index contributed by atoms with van der Waals surface area (Å²) in [6, 6.07) is 6.33. The third-order valence-corrected chi connectivity index (χ3v) is 6.42. The van der Waals surface area contributed by atoms with Gasteiger partial charge in [0.05, 0.1) is 20.3 Å². The Labute approximate surface area is 169 Å². The zero-order valence-electron chi connectivity index (χ0n) is 16.6. The number of aliphatic hydroxyl groups excluding tert-OH is 1. The lowest BCUT2D eigenvalue weighted by molar-refractivity contribution is -0.0561. The fourth-order valence-electron chi connectivity index (χ4n) is 4.84. The van der Waals surface area contributed by atoms with Gasteiger partial charge in [0.15, 0.2) is 0 Å². The Kier molecular flexibility index (Phi) is 4.73. The second kappa shape index (κ2) is 7.40. The van der Waals surface area contributed by atoms with Crippen LogP contribution >= 0.6 is 0 Å². The second-order valence-corrected chi connectivity index (χ2v) is 8.24. The summed E-state index contributed by atoms with van der Waals surface area (Å²) in [4.78, 5) is 11.1. The van der Waals surface area contributed by atoms with E-state index in [0.29, 0.717) is 18.3 Å². The number of hydrogen-bond donors (Lipinski definition) is 1. The Morgan fingerprint density at radius 3 is 3.10 bits per heavy atom. The molecule has 0 aliphatic carbocycles. The molecule has 0 bridgehead atoms. The summed E-state index contributed by atoms with van der Waals surface area (Å²) in [5.41, 5.74) is 3.12. The molecule has 2 aromatic heterocycles. The first kappa shape index (κ1) is 18.5. The SMILES string of the molecule is COc1ccc(CN2C[C@@H]3CCOC[C@]3(CO)C2)cc1-c1cnc2nccn2c1. The van der Waals surface area contributed by atoms with Crippen molar-refractivity contribution >= 4 is 5.78 Å². The smallest absolute Gasteiger partial charge is 0.233 e. The molecule has 0 unspecified atom stereocenters. The van der Waals surface area contributed by atoms with Gasteiger partial charge < -0.3 is 14.6 Å². The molecule has 2 fully saturated rings. The molecule has 2 atom stereocenters. The molecule has 7 heteroatoms. The van der Waals surface area contributed by atoms with Gasteiger partial charge in [0.2, 0.25) is 5.78 Å². The standard InChI is InChI=1S/C22H26N4O3/c1-28-20-3-2-16(8-19(20)17-9-24-21-23-5-6-26(21)11-17)10-25-12-18-4-7-29-15-22(18,13-25)14-27/h2-3,5-6,8-9,11,18,27H,4,7,10,12-15H2,1H3/t18-,22+/m0/s1. The lowest BCUT2D eigenvalue weighted by Gasteiger charge is -2.36. The van der Waals surface area contributed by atoms with E-state index in [0.717, 1.165) is 49.5 Å². The molecule has 7 nitrogen and oxygen atoms in total. The van der Waals surface area contributed by atoms with E-state index < -0.39 is 0 Å². The van der Waals surface area contributed by atoms with E-state index in [1.54, 1.807) is 13.3 Å². The van der Waals surface area contributed by atoms with Gasteiger partial charge in [0.25, 0.3) is 0 Å². The number of methoxy groups -OCH3 is 1. The Balaban J connectivity index is 1.42. The number of ether oxygens (including phenoxy) is 2. The van der Waals surface area contributed by atoms with E-state index in [1.165, 1.54) is 5.56 Å². The third kappa shape index (κ3) is 3.29. The summed E-state index contributed by atoms with van der Waals surface area (Å²) >= 11 is 0. The average molecular weight is 394 g/mol. The van der Waals surface area contributed by atoms with E-state index in [-0.39, 0.29) is 12.0 Å². The molecule has 1 aromatic carbocycles. The van der Waals surface area contributed by atoms with Crippen LogP contribution in [-0.4, -0.2) is 64.4 Å². The summed E-state index contributed by atoms with van der Waals surface area (Å²) in [6.45, 7) is 4.38. The maximum Gasteiger partial charge on any atom is 0.233 e. The van der Waals surface area contributed by atoms with Gasteiger partial charge in [-0.2, -0.15) is 0 Å². The van der Waals surface area contributed by atoms with Gasteiger partial charge in [-0.05, 0) is 30.0 Å². The second-order valence-electron chi connectivity index (χ2n) is 8.24. The lowest BCUT2D eigenvalue weighted by Crippen LogP contribution is -2.42. The predicted octanol–water partition coefficient (Wildman–Crippen LogP) is 2.24. The van der Waals surface area contributed by atoms with Crippen molar-refractivity contribution in [2.45, 2.75) is 13.0 Å². The van der Waals surface area contributed by atoms with E-state index in [9.17, 15) is 5.11 Å². The van der Waals surface area contributed by atoms with Crippen LogP contribution in [0.5, 0.6) is 5.75 Å². The Hall–Kier alpha value is -2.48. The van der Waals surface area contributed by atoms with E-state index >= 15 is 0 Å². The Morgan fingerprint density at radius 2 is 2.28 bits per heavy atom. The van der Waals surface area contributed by atoms with Gasteiger partial charge in [-0.3, -0.25) is 9.30 Å². The lowest BCUT2D eigenvalue weighted by atomic mass is 9.76. The van der Waals surface area contributed by atoms with Crippen molar-refractivity contribution in [1.29, 1.82) is 0 Å². The van der Waals surface area contributed by atoms with Crippen LogP contribution in [0.3, 0.4) is 0 Å². The highest BCUT2D eigenvalue weighted by Crippen LogP contribution is 2.41. The van der Waals surface area contributed by atoms with Crippen LogP contribution in [0.2, 0.25) is 0 Å². The highest BCUT2D eigenvalue weighted by molar-refractivity contribution is 5.70. The number of aromatic nitrogens is 3. The maximum absolute atomic E-state index is 10.0. The molecule has 2 aliphatic heterocycles. The molecule has 152 valence electrons. The summed E-state index contributed by atoms with van der Waals surface area (Å²) in [5.74, 6) is 2.01. The molecular weight excluding hydrogens is 368 g/mol. The minimum Gasteiger partial charge on any atom is -0.496 e. The highest BCUT2D eigenvalue weighted by Gasteiger charge is 2.47. The number of likely N-dealkylation sites (tertiary alicyclic amines) is 1. The van der Waals surface area contributed by atoms with Crippen LogP contribution in [0.25, 0.3) is 16.9 Å². The van der Waals surface area contributed by atoms with Gasteiger partial charge in [0, 0.05) is 67.6 Å². The number of nitrogens with zero attached hydrogens (tertiary/aromatic N) is 4. The predicted molar refractivity (Wildman–Crippen MR) is 109 cm³/mol. The number of hydrogen-bond acceptors (Lipinski definition) is 6. The van der Waals surface area contributed by atoms with E-state index in [2.05, 4.69) is 27.0 Å². The fraction of sp³-hybridized carbons (Fsp3) is 0.455. The minimum absolute atomic E-state index is 0.107. The molecule has 0 radical (unpaired) electrons. The summed E-state index contributed by atoms with van der Waals surface area (Å²) in [5, 5.41) is 10.0. The summed E-state index contributed by atoms with van der Waals surface area (Å²) < 4.78 is 13.2. The van der Waals surface area contributed by atoms with Crippen molar-refractivity contribution in [3.8, 4) is 16.9 Å². The van der Waals surface area contributed by atoms with E-state index in [4.69, 9.17) is 9.47 Å². The normalized spacial score (nSPS) is 24.7. The van der Waals surface area contributed by atoms with Gasteiger partial charge in [-0.1, -0.05) is 6.07 Å². The first-order valence-electron chi connectivity index (χ1n) is 10.1. The van der Waals surface area contributed by atoms with Crippen molar-refractivity contribution < 1.29 is 14.6 Å². The first-order valence-corrected chi connectivity index (χ1v) is 10.1. The van der Waals surface area contributed by atoms with Crippen LogP contribution < -0.4 is 4.74 Å². The van der Waals surface area contributed by atoms with Crippen molar-refractivity contribution in [2.75, 3.05) is 40.0 Å². The first-order chi connectivity index (χ1) is 14.2. The molecule has 5 rings (SSSR count). The number of fused-ring (bicyclic) bond motifs is 2. The molecule has 29 heavy (non-hydrogen) atoms. The molecule has 0 spiro atoms. The average Bonchev–Trinajstić information content (AvgIpc) is 3.37. The van der Waals surface area contributed by atoms with Crippen molar-refractivity contribution in [1.82, 2.24) is 19.3 Å². The largest absolute Gasteiger partial charge is 0.496 e. The summed E-state index contributed by atoms with van der Waals surface area (Å²) in [6.07, 6.45) is 8.53. The van der Waals surface area contributed by atoms with Crippen LogP contribution in [0.15, 0.2) is 43.0 Å². The molecule has 0 saturated carbocycles. The summed E-state index contributed by atoms with van der Waals surface area (Å²) in [7, 11) is 1.69. The van der Waals surface area contributed by atoms with Crippen molar-refractivity contribution in [3.05, 3.63) is 48.5 Å². The minimum atomic E-state index is -0.107. The van der Waals surface area contributed by atoms with Gasteiger partial charge >= 0.3 is 0 Å². The molecule has 1 N–H and O–H groups in total. The Morgan fingerprint density at radius 1 is 1.34 bits per heavy atom. The molecule has 2 saturated heterocycles. The van der Waals surface area contributed by atoms with E-state index in [1.807, 2.05) is 29.1 Å². The van der Waals surface area contributed by atoms with Crippen molar-refractivity contribution in [3.63, 3.8) is 0 Å². The van der Waals surface area contributed by atoms with Gasteiger partial charge in [0.1, 0.15) is 5.75 Å². The van der Waals surface area contributed by atoms with Crippen LogP contribution in [0.1, 0.15) is 12.0 Å². The zero-order chi connectivity index (χ0) is 19.8. The molecule has 0 amide bonds. The highest BCUT2D eigenvalue weighted by atomic mass is 16.5. The van der Waals surface area contributed by atoms with Crippen molar-refractivity contribution in [2.24, 2.45) is 11.3 Å². The van der Waals surface area contributed by atoms with Gasteiger partial charge in [-0.15, -0.1) is 0 Å². The van der Waals surface area contributed by atoms with Crippen LogP contribution in [0, 0.1) is 11.3 Å². The molecule has 4 heterocycles. The number of aliphatic hydroxyl groups is 1. The third-order valence-electron chi connectivity index (χ3n) is 6.42. The molecule has 2 aliphatic rings. The molecule has 3 aromatic rings. The van der Waals surface area contributed by atoms with Crippen LogP contribution in [0.4, 0.5) is 0 Å². The topological polar surface area (TPSA) is 72.1 Å². The van der Waals surface area contributed by atoms with Gasteiger partial charge in [-0.25, -0.2) is 9.97 Å². The number of imidazole rings is 1. The van der Waals surface area contributed by atoms with Crippen LogP contribution in [-0.2, 0) is 11.3 Å². The Bertz CT molecular complexity index is 1020. The fourth-order valence-corrected chi connectivity index (χ4v) is 4.84. The number of benzene rings is 1.